The van der Waals surface area contributed by atoms with Gasteiger partial charge in [0.15, 0.2) is 0 Å². The zero-order valence-corrected chi connectivity index (χ0v) is 4.90. The molecule has 1 aliphatic heterocycles. The first-order chi connectivity index (χ1) is 3.39. The number of hydrogen-bond acceptors (Lipinski definition) is 2. The van der Waals surface area contributed by atoms with Gasteiger partial charge in [0.25, 0.3) is 0 Å². The molecular weight excluding hydrogens is 110 g/mol. The Balaban J connectivity index is 2.12. The summed E-state index contributed by atoms with van der Waals surface area (Å²) in [5.41, 5.74) is 0. The Morgan fingerprint density at radius 2 is 2.57 bits per heavy atom. The van der Waals surface area contributed by atoms with Crippen LogP contribution in [0.5, 0.6) is 0 Å². The van der Waals surface area contributed by atoms with Crippen molar-refractivity contribution in [1.82, 2.24) is 5.32 Å². The van der Waals surface area contributed by atoms with Crippen LogP contribution in [0.25, 0.3) is 0 Å². The molecule has 0 amide bonds. The van der Waals surface area contributed by atoms with Gasteiger partial charge in [-0.15, -0.1) is 0 Å². The Morgan fingerprint density at radius 1 is 1.71 bits per heavy atom. The Bertz CT molecular complexity index is 53.7. The van der Waals surface area contributed by atoms with E-state index < -0.39 is 0 Å². The average molecular weight is 118 g/mol. The fourth-order valence-corrected chi connectivity index (χ4v) is 0.729. The van der Waals surface area contributed by atoms with E-state index in [9.17, 15) is 0 Å². The third kappa shape index (κ3) is 1.67. The number of rotatable bonds is 0. The summed E-state index contributed by atoms with van der Waals surface area (Å²) < 4.78 is 5.01. The molecule has 0 bridgehead atoms. The molecule has 1 unspecified atom stereocenters. The lowest BCUT2D eigenvalue weighted by molar-refractivity contribution is 0.0989. The molecule has 0 saturated carbocycles. The highest BCUT2D eigenvalue weighted by Crippen LogP contribution is 1.96. The standard InChI is InChI=1S/C4H8NOS/c7-4-3-6-2-1-5-4/h4,7H,1-3H2. The van der Waals surface area contributed by atoms with Crippen LogP contribution < -0.4 is 5.32 Å². The van der Waals surface area contributed by atoms with E-state index in [4.69, 9.17) is 4.74 Å². The lowest BCUT2D eigenvalue weighted by Crippen LogP contribution is -2.31. The predicted molar refractivity (Wildman–Crippen MR) is 30.6 cm³/mol. The van der Waals surface area contributed by atoms with E-state index in [0.717, 1.165) is 13.2 Å². The van der Waals surface area contributed by atoms with Crippen LogP contribution in [0, 0.1) is 0 Å². The molecule has 2 nitrogen and oxygen atoms in total. The zero-order chi connectivity index (χ0) is 5.11. The Kier molecular flexibility index (Phi) is 1.97. The van der Waals surface area contributed by atoms with Crippen LogP contribution >= 0.6 is 12.6 Å². The zero-order valence-electron chi connectivity index (χ0n) is 4.00. The van der Waals surface area contributed by atoms with Crippen molar-refractivity contribution in [2.45, 2.75) is 5.37 Å². The Morgan fingerprint density at radius 3 is 2.86 bits per heavy atom. The molecule has 0 aromatic carbocycles. The SMILES string of the molecule is SC1COCC[N]1. The normalized spacial score (nSPS) is 33.0. The van der Waals surface area contributed by atoms with Crippen LogP contribution in [0.2, 0.25) is 0 Å². The van der Waals surface area contributed by atoms with Gasteiger partial charge in [-0.1, -0.05) is 0 Å². The van der Waals surface area contributed by atoms with E-state index in [2.05, 4.69) is 17.9 Å². The molecule has 1 heterocycles. The molecule has 1 saturated heterocycles. The lowest BCUT2D eigenvalue weighted by atomic mass is 10.5. The predicted octanol–water partition coefficient (Wildman–Crippen LogP) is -0.123. The molecule has 41 valence electrons. The molecule has 7 heavy (non-hydrogen) atoms. The highest BCUT2D eigenvalue weighted by molar-refractivity contribution is 7.80. The molecule has 1 radical (unpaired) electrons. The fourth-order valence-electron chi connectivity index (χ4n) is 0.508. The van der Waals surface area contributed by atoms with Gasteiger partial charge in [0.2, 0.25) is 0 Å². The van der Waals surface area contributed by atoms with Crippen molar-refractivity contribution in [1.29, 1.82) is 0 Å². The van der Waals surface area contributed by atoms with Crippen molar-refractivity contribution < 1.29 is 4.74 Å². The van der Waals surface area contributed by atoms with Crippen molar-refractivity contribution >= 4 is 12.6 Å². The highest BCUT2D eigenvalue weighted by Gasteiger charge is 2.07. The molecule has 0 aromatic heterocycles. The average Bonchev–Trinajstić information content (AvgIpc) is 1.69. The van der Waals surface area contributed by atoms with E-state index in [1.54, 1.807) is 0 Å². The van der Waals surface area contributed by atoms with Crippen molar-refractivity contribution in [3.8, 4) is 0 Å². The third-order valence-corrected chi connectivity index (χ3v) is 1.15. The quantitative estimate of drug-likeness (QED) is 0.440. The van der Waals surface area contributed by atoms with Crippen LogP contribution in [0.4, 0.5) is 0 Å². The monoisotopic (exact) mass is 118 g/mol. The minimum Gasteiger partial charge on any atom is -0.377 e. The number of hydrogen-bond donors (Lipinski definition) is 1. The summed E-state index contributed by atoms with van der Waals surface area (Å²) >= 11 is 4.07. The van der Waals surface area contributed by atoms with E-state index in [1.165, 1.54) is 0 Å². The number of ether oxygens (including phenoxy) is 1. The van der Waals surface area contributed by atoms with E-state index in [-0.39, 0.29) is 5.37 Å². The van der Waals surface area contributed by atoms with Crippen LogP contribution in [0.3, 0.4) is 0 Å². The molecule has 0 aromatic rings. The van der Waals surface area contributed by atoms with E-state index in [1.807, 2.05) is 0 Å². The molecular formula is C4H8NOS. The topological polar surface area (TPSA) is 23.3 Å². The van der Waals surface area contributed by atoms with Crippen molar-refractivity contribution in [3.05, 3.63) is 0 Å². The fraction of sp³-hybridized carbons (Fsp3) is 1.00. The smallest absolute Gasteiger partial charge is 0.0904 e. The summed E-state index contributed by atoms with van der Waals surface area (Å²) in [5.74, 6) is 0. The highest BCUT2D eigenvalue weighted by atomic mass is 32.1. The van der Waals surface area contributed by atoms with E-state index in [0.29, 0.717) is 6.61 Å². The van der Waals surface area contributed by atoms with Gasteiger partial charge >= 0.3 is 0 Å². The summed E-state index contributed by atoms with van der Waals surface area (Å²) in [6.07, 6.45) is 0. The van der Waals surface area contributed by atoms with Gasteiger partial charge in [0.1, 0.15) is 0 Å². The number of thiol groups is 1. The summed E-state index contributed by atoms with van der Waals surface area (Å²) in [5, 5.41) is 4.20. The molecule has 3 heteroatoms. The maximum atomic E-state index is 5.01. The van der Waals surface area contributed by atoms with Gasteiger partial charge in [0.05, 0.1) is 18.6 Å². The first-order valence-corrected chi connectivity index (χ1v) is 2.83. The summed E-state index contributed by atoms with van der Waals surface area (Å²) in [4.78, 5) is 0. The molecule has 1 atom stereocenters. The van der Waals surface area contributed by atoms with Gasteiger partial charge in [0, 0.05) is 6.54 Å². The Hall–Kier alpha value is 0.270. The van der Waals surface area contributed by atoms with Crippen LogP contribution in [-0.2, 0) is 4.74 Å². The molecule has 1 aliphatic rings. The second-order valence-electron chi connectivity index (χ2n) is 1.46. The Labute approximate surface area is 48.6 Å². The molecule has 0 N–H and O–H groups in total. The largest absolute Gasteiger partial charge is 0.377 e. The minimum atomic E-state index is 0.133. The van der Waals surface area contributed by atoms with Gasteiger partial charge < -0.3 is 4.74 Å². The molecule has 0 spiro atoms. The first-order valence-electron chi connectivity index (χ1n) is 2.32. The van der Waals surface area contributed by atoms with Crippen LogP contribution in [0.1, 0.15) is 0 Å². The van der Waals surface area contributed by atoms with Gasteiger partial charge in [-0.05, 0) is 0 Å². The van der Waals surface area contributed by atoms with Crippen LogP contribution in [-0.4, -0.2) is 25.1 Å². The van der Waals surface area contributed by atoms with Crippen molar-refractivity contribution in [3.63, 3.8) is 0 Å². The lowest BCUT2D eigenvalue weighted by Gasteiger charge is -2.16. The summed E-state index contributed by atoms with van der Waals surface area (Å²) in [6, 6.07) is 0. The maximum absolute atomic E-state index is 5.01. The second-order valence-corrected chi connectivity index (χ2v) is 2.06. The summed E-state index contributed by atoms with van der Waals surface area (Å²) in [7, 11) is 0. The van der Waals surface area contributed by atoms with Gasteiger partial charge in [-0.2, -0.15) is 12.6 Å². The van der Waals surface area contributed by atoms with Gasteiger partial charge in [-0.25, -0.2) is 5.32 Å². The number of nitrogens with zero attached hydrogens (tertiary/aromatic N) is 1. The minimum absolute atomic E-state index is 0.133. The molecule has 1 rings (SSSR count). The van der Waals surface area contributed by atoms with Crippen molar-refractivity contribution in [2.75, 3.05) is 19.8 Å². The third-order valence-electron chi connectivity index (χ3n) is 0.842. The van der Waals surface area contributed by atoms with E-state index >= 15 is 0 Å². The van der Waals surface area contributed by atoms with Crippen LogP contribution in [0.15, 0.2) is 0 Å². The summed E-state index contributed by atoms with van der Waals surface area (Å²) in [6.45, 7) is 2.27. The molecule has 1 fully saturated rings. The number of morpholine rings is 1. The van der Waals surface area contributed by atoms with Crippen molar-refractivity contribution in [2.24, 2.45) is 0 Å². The maximum Gasteiger partial charge on any atom is 0.0904 e. The molecule has 0 aliphatic carbocycles. The second kappa shape index (κ2) is 2.55. The first kappa shape index (κ1) is 5.41. The van der Waals surface area contributed by atoms with Gasteiger partial charge in [-0.3, -0.25) is 0 Å².